The number of carbonyl (C=O) groups is 2. The Morgan fingerprint density at radius 1 is 1.29 bits per heavy atom. The molecule has 142 valence electrons. The standard InChI is InChI=1S/C21H18ClN3O2S/c1-12-13-5-2-3-6-15(13)23-16(18(12)22)11-25-19(26)21(24-20(25)27)9-4-7-17-14(21)8-10-28-17/h2-3,5-6,8,10H,4,7,9,11H2,1H3,(H,24,27)/t21-/m0/s1. The first kappa shape index (κ1) is 17.6. The highest BCUT2D eigenvalue weighted by Crippen LogP contribution is 2.42. The van der Waals surface area contributed by atoms with E-state index < -0.39 is 5.54 Å². The Kier molecular flexibility index (Phi) is 3.96. The molecule has 0 saturated carbocycles. The minimum atomic E-state index is -0.941. The lowest BCUT2D eigenvalue weighted by Crippen LogP contribution is -2.46. The van der Waals surface area contributed by atoms with Gasteiger partial charge < -0.3 is 5.32 Å². The van der Waals surface area contributed by atoms with E-state index in [1.54, 1.807) is 11.3 Å². The van der Waals surface area contributed by atoms with Crippen molar-refractivity contribution in [1.82, 2.24) is 15.2 Å². The number of imide groups is 1. The Morgan fingerprint density at radius 3 is 2.96 bits per heavy atom. The van der Waals surface area contributed by atoms with Crippen LogP contribution in [0.25, 0.3) is 10.9 Å². The molecular formula is C21H18ClN3O2S. The Hall–Kier alpha value is -2.44. The maximum atomic E-state index is 13.4. The van der Waals surface area contributed by atoms with E-state index in [1.807, 2.05) is 42.6 Å². The fourth-order valence-corrected chi connectivity index (χ4v) is 5.56. The molecule has 2 aromatic heterocycles. The summed E-state index contributed by atoms with van der Waals surface area (Å²) in [7, 11) is 0. The van der Waals surface area contributed by atoms with Crippen LogP contribution in [-0.2, 0) is 23.3 Å². The van der Waals surface area contributed by atoms with Gasteiger partial charge in [0, 0.05) is 15.8 Å². The average Bonchev–Trinajstić information content (AvgIpc) is 3.26. The second-order valence-corrected chi connectivity index (χ2v) is 8.73. The highest BCUT2D eigenvalue weighted by molar-refractivity contribution is 7.10. The maximum absolute atomic E-state index is 13.4. The molecule has 1 fully saturated rings. The molecule has 1 aromatic carbocycles. The first-order valence-corrected chi connectivity index (χ1v) is 10.5. The van der Waals surface area contributed by atoms with Crippen LogP contribution >= 0.6 is 22.9 Å². The second-order valence-electron chi connectivity index (χ2n) is 7.35. The van der Waals surface area contributed by atoms with Gasteiger partial charge in [-0.2, -0.15) is 0 Å². The summed E-state index contributed by atoms with van der Waals surface area (Å²) in [6.07, 6.45) is 2.45. The third kappa shape index (κ3) is 2.41. The number of para-hydroxylation sites is 1. The number of hydrogen-bond donors (Lipinski definition) is 1. The van der Waals surface area contributed by atoms with E-state index >= 15 is 0 Å². The average molecular weight is 412 g/mol. The van der Waals surface area contributed by atoms with Crippen molar-refractivity contribution >= 4 is 45.8 Å². The van der Waals surface area contributed by atoms with Crippen LogP contribution in [0, 0.1) is 6.92 Å². The number of benzene rings is 1. The van der Waals surface area contributed by atoms with E-state index in [0.29, 0.717) is 17.1 Å². The number of aromatic nitrogens is 1. The minimum absolute atomic E-state index is 0.0659. The molecule has 7 heteroatoms. The van der Waals surface area contributed by atoms with Gasteiger partial charge in [0.15, 0.2) is 0 Å². The molecule has 1 saturated heterocycles. The lowest BCUT2D eigenvalue weighted by atomic mass is 9.80. The first-order chi connectivity index (χ1) is 13.5. The summed E-state index contributed by atoms with van der Waals surface area (Å²) >= 11 is 8.20. The molecule has 5 nitrogen and oxygen atoms in total. The van der Waals surface area contributed by atoms with Crippen LogP contribution in [0.1, 0.15) is 34.5 Å². The summed E-state index contributed by atoms with van der Waals surface area (Å²) in [5.41, 5.74) is 2.25. The summed E-state index contributed by atoms with van der Waals surface area (Å²) in [5, 5.41) is 6.44. The molecule has 28 heavy (non-hydrogen) atoms. The fourth-order valence-electron chi connectivity index (χ4n) is 4.36. The lowest BCUT2D eigenvalue weighted by molar-refractivity contribution is -0.132. The number of nitrogens with one attached hydrogen (secondary N) is 1. The van der Waals surface area contributed by atoms with Crippen LogP contribution in [0.3, 0.4) is 0 Å². The molecule has 5 rings (SSSR count). The number of amides is 3. The SMILES string of the molecule is Cc1c(Cl)c(CN2C(=O)N[C@]3(CCCc4sccc43)C2=O)nc2ccccc12. The van der Waals surface area contributed by atoms with E-state index in [-0.39, 0.29) is 18.5 Å². The molecule has 0 unspecified atom stereocenters. The van der Waals surface area contributed by atoms with Crippen LogP contribution in [0.2, 0.25) is 5.02 Å². The fraction of sp³-hybridized carbons (Fsp3) is 0.286. The minimum Gasteiger partial charge on any atom is -0.319 e. The molecule has 1 aliphatic heterocycles. The quantitative estimate of drug-likeness (QED) is 0.629. The topological polar surface area (TPSA) is 62.3 Å². The largest absolute Gasteiger partial charge is 0.325 e. The van der Waals surface area contributed by atoms with Gasteiger partial charge in [0.25, 0.3) is 5.91 Å². The summed E-state index contributed by atoms with van der Waals surface area (Å²) < 4.78 is 0. The molecule has 3 amide bonds. The van der Waals surface area contributed by atoms with Crippen LogP contribution in [0.5, 0.6) is 0 Å². The van der Waals surface area contributed by atoms with Crippen molar-refractivity contribution in [3.05, 3.63) is 62.4 Å². The summed E-state index contributed by atoms with van der Waals surface area (Å²) in [4.78, 5) is 33.2. The van der Waals surface area contributed by atoms with Gasteiger partial charge in [0.05, 0.1) is 22.8 Å². The number of pyridine rings is 1. The summed E-state index contributed by atoms with van der Waals surface area (Å²) in [6, 6.07) is 9.31. The molecular weight excluding hydrogens is 394 g/mol. The normalized spacial score (nSPS) is 21.4. The maximum Gasteiger partial charge on any atom is 0.325 e. The van der Waals surface area contributed by atoms with Crippen molar-refractivity contribution in [1.29, 1.82) is 0 Å². The van der Waals surface area contributed by atoms with Crippen LogP contribution in [0.4, 0.5) is 4.79 Å². The Morgan fingerprint density at radius 2 is 2.11 bits per heavy atom. The molecule has 2 aliphatic rings. The molecule has 1 atom stereocenters. The number of halogens is 1. The van der Waals surface area contributed by atoms with Crippen LogP contribution in [0.15, 0.2) is 35.7 Å². The monoisotopic (exact) mass is 411 g/mol. The van der Waals surface area contributed by atoms with Gasteiger partial charge >= 0.3 is 6.03 Å². The van der Waals surface area contributed by atoms with Crippen molar-refractivity contribution in [2.24, 2.45) is 0 Å². The van der Waals surface area contributed by atoms with Gasteiger partial charge in [-0.1, -0.05) is 29.8 Å². The molecule has 1 N–H and O–H groups in total. The van der Waals surface area contributed by atoms with Gasteiger partial charge in [-0.15, -0.1) is 11.3 Å². The predicted octanol–water partition coefficient (Wildman–Crippen LogP) is 4.54. The number of fused-ring (bicyclic) bond motifs is 3. The van der Waals surface area contributed by atoms with Crippen molar-refractivity contribution in [3.8, 4) is 0 Å². The van der Waals surface area contributed by atoms with Crippen molar-refractivity contribution in [2.75, 3.05) is 0 Å². The lowest BCUT2D eigenvalue weighted by Gasteiger charge is -2.31. The third-order valence-electron chi connectivity index (χ3n) is 5.79. The number of carbonyl (C=O) groups excluding carboxylic acids is 2. The molecule has 3 heterocycles. The van der Waals surface area contributed by atoms with Gasteiger partial charge in [-0.25, -0.2) is 9.78 Å². The van der Waals surface area contributed by atoms with Crippen molar-refractivity contribution in [3.63, 3.8) is 0 Å². The van der Waals surface area contributed by atoms with Gasteiger partial charge in [0.2, 0.25) is 0 Å². The summed E-state index contributed by atoms with van der Waals surface area (Å²) in [6.45, 7) is 2.00. The van der Waals surface area contributed by atoms with Gasteiger partial charge in [-0.05, 0) is 49.3 Å². The van der Waals surface area contributed by atoms with E-state index in [0.717, 1.165) is 34.9 Å². The van der Waals surface area contributed by atoms with E-state index in [2.05, 4.69) is 10.3 Å². The number of thiophene rings is 1. The van der Waals surface area contributed by atoms with Crippen molar-refractivity contribution in [2.45, 2.75) is 38.3 Å². The van der Waals surface area contributed by atoms with Crippen LogP contribution < -0.4 is 5.32 Å². The third-order valence-corrected chi connectivity index (χ3v) is 7.27. The number of rotatable bonds is 2. The molecule has 1 aliphatic carbocycles. The van der Waals surface area contributed by atoms with Crippen LogP contribution in [-0.4, -0.2) is 21.8 Å². The second kappa shape index (κ2) is 6.29. The molecule has 0 bridgehead atoms. The van der Waals surface area contributed by atoms with Gasteiger partial charge in [0.1, 0.15) is 5.54 Å². The molecule has 1 spiro atoms. The Bertz CT molecular complexity index is 1140. The predicted molar refractivity (Wildman–Crippen MR) is 110 cm³/mol. The summed E-state index contributed by atoms with van der Waals surface area (Å²) in [5.74, 6) is -0.208. The number of nitrogens with zero attached hydrogens (tertiary/aromatic N) is 2. The molecule has 3 aromatic rings. The van der Waals surface area contributed by atoms with Gasteiger partial charge in [-0.3, -0.25) is 9.69 Å². The number of urea groups is 1. The Balaban J connectivity index is 1.54. The zero-order valence-corrected chi connectivity index (χ0v) is 16.9. The Labute approximate surface area is 171 Å². The highest BCUT2D eigenvalue weighted by atomic mass is 35.5. The molecule has 0 radical (unpaired) electrons. The van der Waals surface area contributed by atoms with E-state index in [4.69, 9.17) is 11.6 Å². The highest BCUT2D eigenvalue weighted by Gasteiger charge is 2.54. The van der Waals surface area contributed by atoms with Crippen molar-refractivity contribution < 1.29 is 9.59 Å². The first-order valence-electron chi connectivity index (χ1n) is 9.26. The van der Waals surface area contributed by atoms with E-state index in [9.17, 15) is 9.59 Å². The number of hydrogen-bond acceptors (Lipinski definition) is 4. The zero-order valence-electron chi connectivity index (χ0n) is 15.3. The smallest absolute Gasteiger partial charge is 0.319 e. The van der Waals surface area contributed by atoms with E-state index in [1.165, 1.54) is 9.78 Å². The number of aryl methyl sites for hydroxylation is 2. The zero-order chi connectivity index (χ0) is 19.5.